The van der Waals surface area contributed by atoms with Gasteiger partial charge in [-0.3, -0.25) is 4.79 Å². The second-order valence-corrected chi connectivity index (χ2v) is 1.92. The molecule has 11 heavy (non-hydrogen) atoms. The summed E-state index contributed by atoms with van der Waals surface area (Å²) in [6.07, 6.45) is 0.456. The minimum Gasteiger partial charge on any atom is -0.381 e. The number of amides is 1. The number of nitrogens with one attached hydrogen (secondary N) is 1. The van der Waals surface area contributed by atoms with Gasteiger partial charge in [0.1, 0.15) is 0 Å². The van der Waals surface area contributed by atoms with E-state index in [9.17, 15) is 4.79 Å². The standard InChI is InChI=1S/C6H13NO2.C2H6/c1-5(9-3)4-6(8)7-2;1-2/h5H,4H2,1-3H3,(H,7,8);1-2H3. The smallest absolute Gasteiger partial charge is 0.222 e. The zero-order valence-corrected chi connectivity index (χ0v) is 8.10. The molecule has 0 rings (SSSR count). The lowest BCUT2D eigenvalue weighted by molar-refractivity contribution is -0.122. The maximum atomic E-state index is 10.6. The van der Waals surface area contributed by atoms with Crippen LogP contribution in [-0.2, 0) is 9.53 Å². The van der Waals surface area contributed by atoms with Crippen molar-refractivity contribution in [2.75, 3.05) is 14.2 Å². The third kappa shape index (κ3) is 9.43. The van der Waals surface area contributed by atoms with Crippen molar-refractivity contribution in [2.45, 2.75) is 33.3 Å². The molecular weight excluding hydrogens is 142 g/mol. The summed E-state index contributed by atoms with van der Waals surface area (Å²) in [5.74, 6) is 0.0179. The largest absolute Gasteiger partial charge is 0.381 e. The Balaban J connectivity index is 0. The van der Waals surface area contributed by atoms with Gasteiger partial charge in [0.25, 0.3) is 0 Å². The fourth-order valence-corrected chi connectivity index (χ4v) is 0.446. The summed E-state index contributed by atoms with van der Waals surface area (Å²) in [4.78, 5) is 10.6. The first-order valence-electron chi connectivity index (χ1n) is 3.94. The molecule has 0 aliphatic rings. The number of ether oxygens (including phenoxy) is 1. The molecule has 0 saturated carbocycles. The lowest BCUT2D eigenvalue weighted by Gasteiger charge is -2.06. The molecule has 3 heteroatoms. The predicted molar refractivity (Wildman–Crippen MR) is 46.5 cm³/mol. The van der Waals surface area contributed by atoms with Gasteiger partial charge >= 0.3 is 0 Å². The van der Waals surface area contributed by atoms with Crippen LogP contribution in [0.2, 0.25) is 0 Å². The molecule has 0 fully saturated rings. The van der Waals surface area contributed by atoms with Gasteiger partial charge in [-0.25, -0.2) is 0 Å². The maximum absolute atomic E-state index is 10.6. The lowest BCUT2D eigenvalue weighted by Crippen LogP contribution is -2.23. The fraction of sp³-hybridized carbons (Fsp3) is 0.875. The van der Waals surface area contributed by atoms with Gasteiger partial charge in [0.05, 0.1) is 12.5 Å². The minimum atomic E-state index is 0.0179. The van der Waals surface area contributed by atoms with E-state index in [2.05, 4.69) is 5.32 Å². The van der Waals surface area contributed by atoms with Crippen LogP contribution < -0.4 is 5.32 Å². The molecule has 3 nitrogen and oxygen atoms in total. The van der Waals surface area contributed by atoms with E-state index >= 15 is 0 Å². The molecule has 1 unspecified atom stereocenters. The highest BCUT2D eigenvalue weighted by molar-refractivity contribution is 5.75. The van der Waals surface area contributed by atoms with Gasteiger partial charge in [-0.2, -0.15) is 0 Å². The van der Waals surface area contributed by atoms with Crippen molar-refractivity contribution in [1.29, 1.82) is 0 Å². The number of carbonyl (C=O) groups is 1. The number of methoxy groups -OCH3 is 1. The third-order valence-electron chi connectivity index (χ3n) is 1.15. The molecule has 1 atom stereocenters. The average molecular weight is 161 g/mol. The molecule has 0 aromatic rings. The summed E-state index contributed by atoms with van der Waals surface area (Å²) in [6, 6.07) is 0. The van der Waals surface area contributed by atoms with Crippen molar-refractivity contribution in [3.8, 4) is 0 Å². The Labute approximate surface area is 69.1 Å². The van der Waals surface area contributed by atoms with Crippen LogP contribution in [0.25, 0.3) is 0 Å². The van der Waals surface area contributed by atoms with E-state index in [1.807, 2.05) is 20.8 Å². The molecule has 0 heterocycles. The number of hydrogen-bond donors (Lipinski definition) is 1. The first-order valence-corrected chi connectivity index (χ1v) is 3.94. The van der Waals surface area contributed by atoms with Crippen LogP contribution in [0, 0.1) is 0 Å². The molecule has 0 bridgehead atoms. The molecule has 0 saturated heterocycles. The number of rotatable bonds is 3. The Kier molecular flexibility index (Phi) is 11.2. The molecule has 1 N–H and O–H groups in total. The molecule has 0 spiro atoms. The predicted octanol–water partition coefficient (Wildman–Crippen LogP) is 1.18. The Morgan fingerprint density at radius 3 is 2.27 bits per heavy atom. The van der Waals surface area contributed by atoms with Crippen LogP contribution in [0.1, 0.15) is 27.2 Å². The fourth-order valence-electron chi connectivity index (χ4n) is 0.446. The zero-order chi connectivity index (χ0) is 9.28. The summed E-state index contributed by atoms with van der Waals surface area (Å²) >= 11 is 0. The Hall–Kier alpha value is -0.570. The second-order valence-electron chi connectivity index (χ2n) is 1.92. The van der Waals surface area contributed by atoms with Gasteiger partial charge in [-0.05, 0) is 6.92 Å². The van der Waals surface area contributed by atoms with Gasteiger partial charge in [0.15, 0.2) is 0 Å². The Morgan fingerprint density at radius 2 is 2.00 bits per heavy atom. The van der Waals surface area contributed by atoms with Crippen molar-refractivity contribution >= 4 is 5.91 Å². The normalized spacial score (nSPS) is 11.0. The monoisotopic (exact) mass is 161 g/mol. The van der Waals surface area contributed by atoms with Crippen LogP contribution in [0.5, 0.6) is 0 Å². The first-order chi connectivity index (χ1) is 5.20. The quantitative estimate of drug-likeness (QED) is 0.675. The lowest BCUT2D eigenvalue weighted by atomic mass is 10.3. The van der Waals surface area contributed by atoms with Crippen LogP contribution >= 0.6 is 0 Å². The topological polar surface area (TPSA) is 38.3 Å². The summed E-state index contributed by atoms with van der Waals surface area (Å²) in [7, 11) is 3.21. The van der Waals surface area contributed by atoms with Crippen LogP contribution in [0.3, 0.4) is 0 Å². The number of hydrogen-bond acceptors (Lipinski definition) is 2. The Morgan fingerprint density at radius 1 is 1.55 bits per heavy atom. The molecule has 0 aromatic carbocycles. The van der Waals surface area contributed by atoms with Crippen molar-refractivity contribution < 1.29 is 9.53 Å². The minimum absolute atomic E-state index is 0.0179. The maximum Gasteiger partial charge on any atom is 0.222 e. The highest BCUT2D eigenvalue weighted by atomic mass is 16.5. The molecule has 0 radical (unpaired) electrons. The van der Waals surface area contributed by atoms with E-state index in [4.69, 9.17) is 4.74 Å². The van der Waals surface area contributed by atoms with Crippen molar-refractivity contribution in [2.24, 2.45) is 0 Å². The zero-order valence-electron chi connectivity index (χ0n) is 8.10. The van der Waals surface area contributed by atoms with Gasteiger partial charge < -0.3 is 10.1 Å². The van der Waals surface area contributed by atoms with Crippen molar-refractivity contribution in [3.63, 3.8) is 0 Å². The summed E-state index contributed by atoms with van der Waals surface area (Å²) in [6.45, 7) is 5.86. The Bertz CT molecular complexity index is 94.1. The highest BCUT2D eigenvalue weighted by Gasteiger charge is 2.04. The van der Waals surface area contributed by atoms with Crippen LogP contribution in [0.4, 0.5) is 0 Å². The van der Waals surface area contributed by atoms with Crippen LogP contribution in [0.15, 0.2) is 0 Å². The average Bonchev–Trinajstić information content (AvgIpc) is 2.07. The van der Waals surface area contributed by atoms with E-state index in [-0.39, 0.29) is 12.0 Å². The van der Waals surface area contributed by atoms with E-state index in [1.165, 1.54) is 0 Å². The van der Waals surface area contributed by atoms with Gasteiger partial charge in [-0.1, -0.05) is 13.8 Å². The third-order valence-corrected chi connectivity index (χ3v) is 1.15. The van der Waals surface area contributed by atoms with Crippen LogP contribution in [-0.4, -0.2) is 26.2 Å². The van der Waals surface area contributed by atoms with E-state index in [1.54, 1.807) is 14.2 Å². The molecule has 1 amide bonds. The van der Waals surface area contributed by atoms with Crippen molar-refractivity contribution in [1.82, 2.24) is 5.32 Å². The van der Waals surface area contributed by atoms with Gasteiger partial charge in [-0.15, -0.1) is 0 Å². The summed E-state index contributed by atoms with van der Waals surface area (Å²) < 4.78 is 4.86. The second kappa shape index (κ2) is 9.43. The summed E-state index contributed by atoms with van der Waals surface area (Å²) in [5.41, 5.74) is 0. The first kappa shape index (κ1) is 13.1. The molecule has 0 aromatic heterocycles. The summed E-state index contributed by atoms with van der Waals surface area (Å²) in [5, 5.41) is 2.51. The van der Waals surface area contributed by atoms with E-state index in [0.29, 0.717) is 6.42 Å². The molecule has 0 aliphatic heterocycles. The van der Waals surface area contributed by atoms with Gasteiger partial charge in [0.2, 0.25) is 5.91 Å². The molecule has 0 aliphatic carbocycles. The number of carbonyl (C=O) groups excluding carboxylic acids is 1. The highest BCUT2D eigenvalue weighted by Crippen LogP contribution is 1.92. The van der Waals surface area contributed by atoms with E-state index < -0.39 is 0 Å². The van der Waals surface area contributed by atoms with E-state index in [0.717, 1.165) is 0 Å². The van der Waals surface area contributed by atoms with Crippen molar-refractivity contribution in [3.05, 3.63) is 0 Å². The SMILES string of the molecule is CC.CNC(=O)CC(C)OC. The van der Waals surface area contributed by atoms with Gasteiger partial charge in [0, 0.05) is 14.2 Å². The molecular formula is C8H19NO2. The molecule has 68 valence electrons.